The van der Waals surface area contributed by atoms with E-state index in [0.717, 1.165) is 17.5 Å². The van der Waals surface area contributed by atoms with Crippen LogP contribution in [0.25, 0.3) is 0 Å². The van der Waals surface area contributed by atoms with Crippen molar-refractivity contribution in [3.05, 3.63) is 108 Å². The SMILES string of the molecule is CCCOC(NCC(c1ccccc1)c1ccccc1)(C(=O)O)c1ccccc1. The highest BCUT2D eigenvalue weighted by Crippen LogP contribution is 2.28. The number of carboxylic acids is 1. The molecule has 0 aliphatic carbocycles. The molecule has 0 saturated heterocycles. The van der Waals surface area contributed by atoms with Gasteiger partial charge in [-0.1, -0.05) is 97.9 Å². The number of ether oxygens (including phenoxy) is 1. The van der Waals surface area contributed by atoms with Gasteiger partial charge in [-0.05, 0) is 17.5 Å². The lowest BCUT2D eigenvalue weighted by Gasteiger charge is -2.33. The second-order valence-corrected chi connectivity index (χ2v) is 6.96. The van der Waals surface area contributed by atoms with Gasteiger partial charge in [0.1, 0.15) is 0 Å². The first-order valence-corrected chi connectivity index (χ1v) is 9.95. The molecule has 4 nitrogen and oxygen atoms in total. The molecule has 3 rings (SSSR count). The normalized spacial score (nSPS) is 13.2. The van der Waals surface area contributed by atoms with Gasteiger partial charge in [-0.3, -0.25) is 5.32 Å². The Bertz CT molecular complexity index is 844. The zero-order valence-corrected chi connectivity index (χ0v) is 16.6. The van der Waals surface area contributed by atoms with Crippen molar-refractivity contribution in [3.63, 3.8) is 0 Å². The average molecular weight is 389 g/mol. The molecule has 4 heteroatoms. The molecule has 0 bridgehead atoms. The Labute approximate surface area is 172 Å². The van der Waals surface area contributed by atoms with E-state index >= 15 is 0 Å². The highest BCUT2D eigenvalue weighted by atomic mass is 16.5. The first kappa shape index (κ1) is 20.8. The fourth-order valence-electron chi connectivity index (χ4n) is 3.47. The number of carboxylic acid groups (broad SMARTS) is 1. The maximum Gasteiger partial charge on any atom is 0.356 e. The number of benzene rings is 3. The lowest BCUT2D eigenvalue weighted by Crippen LogP contribution is -2.53. The van der Waals surface area contributed by atoms with E-state index in [0.29, 0.717) is 18.7 Å². The van der Waals surface area contributed by atoms with Gasteiger partial charge < -0.3 is 9.84 Å². The van der Waals surface area contributed by atoms with Crippen LogP contribution in [0.5, 0.6) is 0 Å². The molecule has 0 spiro atoms. The summed E-state index contributed by atoms with van der Waals surface area (Å²) in [5, 5.41) is 13.4. The summed E-state index contributed by atoms with van der Waals surface area (Å²) >= 11 is 0. The zero-order valence-electron chi connectivity index (χ0n) is 16.6. The molecule has 0 radical (unpaired) electrons. The van der Waals surface area contributed by atoms with E-state index < -0.39 is 11.7 Å². The number of hydrogen-bond donors (Lipinski definition) is 2. The predicted molar refractivity (Wildman–Crippen MR) is 115 cm³/mol. The topological polar surface area (TPSA) is 58.6 Å². The summed E-state index contributed by atoms with van der Waals surface area (Å²) in [5.74, 6) is -1.05. The summed E-state index contributed by atoms with van der Waals surface area (Å²) in [6.45, 7) is 2.73. The maximum atomic E-state index is 12.4. The highest BCUT2D eigenvalue weighted by molar-refractivity contribution is 5.79. The van der Waals surface area contributed by atoms with Crippen LogP contribution in [0, 0.1) is 0 Å². The third-order valence-corrected chi connectivity index (χ3v) is 4.96. The van der Waals surface area contributed by atoms with Crippen LogP contribution >= 0.6 is 0 Å². The average Bonchev–Trinajstić information content (AvgIpc) is 2.78. The van der Waals surface area contributed by atoms with Crippen LogP contribution < -0.4 is 5.32 Å². The van der Waals surface area contributed by atoms with Crippen molar-refractivity contribution in [2.24, 2.45) is 0 Å². The van der Waals surface area contributed by atoms with Gasteiger partial charge in [0, 0.05) is 24.6 Å². The van der Waals surface area contributed by atoms with E-state index in [2.05, 4.69) is 29.6 Å². The second kappa shape index (κ2) is 10.0. The minimum absolute atomic E-state index is 0.00920. The van der Waals surface area contributed by atoms with Gasteiger partial charge in [0.05, 0.1) is 0 Å². The second-order valence-electron chi connectivity index (χ2n) is 6.96. The van der Waals surface area contributed by atoms with Gasteiger partial charge in [-0.25, -0.2) is 4.79 Å². The first-order valence-electron chi connectivity index (χ1n) is 9.95. The van der Waals surface area contributed by atoms with Crippen LogP contribution in [0.4, 0.5) is 0 Å². The lowest BCUT2D eigenvalue weighted by atomic mass is 9.90. The Morgan fingerprint density at radius 3 is 1.83 bits per heavy atom. The van der Waals surface area contributed by atoms with E-state index in [4.69, 9.17) is 4.74 Å². The summed E-state index contributed by atoms with van der Waals surface area (Å²) in [6, 6.07) is 29.3. The third-order valence-electron chi connectivity index (χ3n) is 4.96. The summed E-state index contributed by atoms with van der Waals surface area (Å²) in [6.07, 6.45) is 0.727. The highest BCUT2D eigenvalue weighted by Gasteiger charge is 2.42. The predicted octanol–water partition coefficient (Wildman–Crippen LogP) is 4.77. The molecule has 0 amide bonds. The van der Waals surface area contributed by atoms with E-state index in [1.165, 1.54) is 0 Å². The summed E-state index contributed by atoms with van der Waals surface area (Å²) in [4.78, 5) is 12.4. The van der Waals surface area contributed by atoms with Gasteiger partial charge in [0.2, 0.25) is 5.72 Å². The van der Waals surface area contributed by atoms with Crippen molar-refractivity contribution >= 4 is 5.97 Å². The van der Waals surface area contributed by atoms with Crippen LogP contribution in [-0.2, 0) is 15.3 Å². The van der Waals surface area contributed by atoms with Crippen LogP contribution in [0.3, 0.4) is 0 Å². The molecule has 0 aliphatic heterocycles. The van der Waals surface area contributed by atoms with Crippen molar-refractivity contribution in [1.82, 2.24) is 5.32 Å². The number of hydrogen-bond acceptors (Lipinski definition) is 3. The maximum absolute atomic E-state index is 12.4. The van der Waals surface area contributed by atoms with E-state index in [1.54, 1.807) is 12.1 Å². The Kier molecular flexibility index (Phi) is 7.17. The number of carbonyl (C=O) groups is 1. The molecule has 0 saturated carbocycles. The molecule has 0 aliphatic rings. The lowest BCUT2D eigenvalue weighted by molar-refractivity contribution is -0.174. The Hall–Kier alpha value is -2.95. The largest absolute Gasteiger partial charge is 0.478 e. The molecule has 3 aromatic rings. The molecule has 0 heterocycles. The van der Waals surface area contributed by atoms with Gasteiger partial charge in [-0.15, -0.1) is 0 Å². The van der Waals surface area contributed by atoms with Crippen LogP contribution in [0.15, 0.2) is 91.0 Å². The Morgan fingerprint density at radius 2 is 1.38 bits per heavy atom. The van der Waals surface area contributed by atoms with E-state index in [9.17, 15) is 9.90 Å². The first-order chi connectivity index (χ1) is 14.2. The monoisotopic (exact) mass is 389 g/mol. The van der Waals surface area contributed by atoms with Crippen molar-refractivity contribution in [2.75, 3.05) is 13.2 Å². The summed E-state index contributed by atoms with van der Waals surface area (Å²) < 4.78 is 5.94. The third kappa shape index (κ3) is 4.91. The standard InChI is InChI=1S/C25H27NO3/c1-2-18-29-25(24(27)28,22-16-10-5-11-17-22)26-19-23(20-12-6-3-7-13-20)21-14-8-4-9-15-21/h3-17,23,26H,2,18-19H2,1H3,(H,27,28). The Balaban J connectivity index is 1.96. The molecule has 3 aromatic carbocycles. The molecule has 150 valence electrons. The van der Waals surface area contributed by atoms with Crippen LogP contribution in [0.2, 0.25) is 0 Å². The molecule has 0 aromatic heterocycles. The zero-order chi connectivity index (χ0) is 20.5. The molecule has 2 N–H and O–H groups in total. The van der Waals surface area contributed by atoms with Gasteiger partial charge in [0.25, 0.3) is 0 Å². The minimum Gasteiger partial charge on any atom is -0.478 e. The smallest absolute Gasteiger partial charge is 0.356 e. The van der Waals surface area contributed by atoms with Gasteiger partial charge in [0.15, 0.2) is 0 Å². The van der Waals surface area contributed by atoms with Crippen molar-refractivity contribution in [2.45, 2.75) is 25.0 Å². The fourth-order valence-corrected chi connectivity index (χ4v) is 3.47. The summed E-state index contributed by atoms with van der Waals surface area (Å²) in [5.41, 5.74) is 1.22. The van der Waals surface area contributed by atoms with Crippen LogP contribution in [0.1, 0.15) is 36.0 Å². The summed E-state index contributed by atoms with van der Waals surface area (Å²) in [7, 11) is 0. The quantitative estimate of drug-likeness (QED) is 0.490. The fraction of sp³-hybridized carbons (Fsp3) is 0.240. The van der Waals surface area contributed by atoms with Crippen LogP contribution in [-0.4, -0.2) is 24.2 Å². The molecule has 0 fully saturated rings. The minimum atomic E-state index is -1.60. The van der Waals surface area contributed by atoms with Crippen molar-refractivity contribution in [3.8, 4) is 0 Å². The van der Waals surface area contributed by atoms with Crippen molar-refractivity contribution < 1.29 is 14.6 Å². The molecular formula is C25H27NO3. The molecule has 1 unspecified atom stereocenters. The van der Waals surface area contributed by atoms with Gasteiger partial charge in [-0.2, -0.15) is 0 Å². The number of rotatable bonds is 10. The number of nitrogens with one attached hydrogen (secondary N) is 1. The Morgan fingerprint density at radius 1 is 0.897 bits per heavy atom. The number of aliphatic carboxylic acids is 1. The molecule has 29 heavy (non-hydrogen) atoms. The van der Waals surface area contributed by atoms with E-state index in [1.807, 2.05) is 61.5 Å². The molecule has 1 atom stereocenters. The van der Waals surface area contributed by atoms with E-state index in [-0.39, 0.29) is 5.92 Å². The molecular weight excluding hydrogens is 362 g/mol. The van der Waals surface area contributed by atoms with Gasteiger partial charge >= 0.3 is 5.97 Å². The van der Waals surface area contributed by atoms with Crippen molar-refractivity contribution in [1.29, 1.82) is 0 Å².